The maximum absolute atomic E-state index is 13.5. The van der Waals surface area contributed by atoms with Crippen LogP contribution in [-0.2, 0) is 23.3 Å². The van der Waals surface area contributed by atoms with Gasteiger partial charge in [0.2, 0.25) is 0 Å². The van der Waals surface area contributed by atoms with E-state index in [1.54, 1.807) is 7.11 Å². The van der Waals surface area contributed by atoms with E-state index in [4.69, 9.17) is 9.72 Å². The summed E-state index contributed by atoms with van der Waals surface area (Å²) < 4.78 is 8.41. The Bertz CT molecular complexity index is 1040. The molecule has 0 N–H and O–H groups in total. The number of nitrogens with zero attached hydrogens (tertiary/aromatic N) is 2. The first-order chi connectivity index (χ1) is 13.4. The number of unbranched alkanes of at least 4 members (excludes halogenated alkanes) is 1. The van der Waals surface area contributed by atoms with Crippen LogP contribution in [0.25, 0.3) is 10.9 Å². The molecule has 0 unspecified atom stereocenters. The van der Waals surface area contributed by atoms with Crippen molar-refractivity contribution >= 4 is 26.8 Å². The van der Waals surface area contributed by atoms with Crippen LogP contribution in [0.1, 0.15) is 50.6 Å². The van der Waals surface area contributed by atoms with Crippen molar-refractivity contribution in [2.75, 3.05) is 7.11 Å². The molecule has 2 aromatic carbocycles. The number of fused-ring (bicyclic) bond motifs is 1. The van der Waals surface area contributed by atoms with Crippen LogP contribution < -0.4 is 5.56 Å². The Morgan fingerprint density at radius 2 is 1.93 bits per heavy atom. The van der Waals surface area contributed by atoms with Gasteiger partial charge in [0.15, 0.2) is 0 Å². The average Bonchev–Trinajstić information content (AvgIpc) is 2.70. The summed E-state index contributed by atoms with van der Waals surface area (Å²) in [6.45, 7) is 6.64. The van der Waals surface area contributed by atoms with Crippen molar-refractivity contribution in [2.24, 2.45) is 0 Å². The number of aryl methyl sites for hydroxylation is 1. The summed E-state index contributed by atoms with van der Waals surface area (Å²) in [7, 11) is 1.68. The van der Waals surface area contributed by atoms with Crippen molar-refractivity contribution in [1.82, 2.24) is 9.55 Å². The lowest BCUT2D eigenvalue weighted by atomic mass is 9.96. The molecule has 0 saturated heterocycles. The Morgan fingerprint density at radius 3 is 2.61 bits per heavy atom. The lowest BCUT2D eigenvalue weighted by molar-refractivity contribution is 0.0193. The molecular formula is C23H27BrN2O2. The third-order valence-electron chi connectivity index (χ3n) is 5.28. The molecule has 0 amide bonds. The molecule has 148 valence electrons. The van der Waals surface area contributed by atoms with Crippen molar-refractivity contribution in [3.8, 4) is 0 Å². The molecule has 1 heterocycles. The van der Waals surface area contributed by atoms with E-state index in [2.05, 4.69) is 22.9 Å². The van der Waals surface area contributed by atoms with E-state index in [1.165, 1.54) is 0 Å². The monoisotopic (exact) mass is 442 g/mol. The van der Waals surface area contributed by atoms with Crippen molar-refractivity contribution in [2.45, 2.75) is 52.2 Å². The molecule has 0 saturated carbocycles. The zero-order valence-electron chi connectivity index (χ0n) is 17.0. The standard InChI is InChI=1S/C23H27BrN2O2/c1-5-6-11-21-25-20-13-12-17(23(2,3)28-4)14-18(20)22(27)26(21)15-16-9-7-8-10-19(16)24/h7-10,12-14H,5-6,11,15H2,1-4H3. The predicted molar refractivity (Wildman–Crippen MR) is 118 cm³/mol. The van der Waals surface area contributed by atoms with Crippen LogP contribution in [0.2, 0.25) is 0 Å². The summed E-state index contributed by atoms with van der Waals surface area (Å²) in [4.78, 5) is 18.3. The Balaban J connectivity index is 2.19. The molecule has 0 aliphatic heterocycles. The molecule has 0 aliphatic carbocycles. The fourth-order valence-corrected chi connectivity index (χ4v) is 3.66. The van der Waals surface area contributed by atoms with Crippen LogP contribution in [0, 0.1) is 0 Å². The highest BCUT2D eigenvalue weighted by atomic mass is 79.9. The second-order valence-corrected chi connectivity index (χ2v) is 8.41. The van der Waals surface area contributed by atoms with Gasteiger partial charge in [-0.25, -0.2) is 4.98 Å². The quantitative estimate of drug-likeness (QED) is 0.489. The number of hydrogen-bond donors (Lipinski definition) is 0. The van der Waals surface area contributed by atoms with Crippen LogP contribution in [0.5, 0.6) is 0 Å². The number of benzene rings is 2. The SMILES string of the molecule is CCCCc1nc2ccc(C(C)(C)OC)cc2c(=O)n1Cc1ccccc1Br. The van der Waals surface area contributed by atoms with Crippen LogP contribution in [-0.4, -0.2) is 16.7 Å². The fourth-order valence-electron chi connectivity index (χ4n) is 3.24. The molecule has 3 aromatic rings. The van der Waals surface area contributed by atoms with E-state index in [0.717, 1.165) is 46.2 Å². The maximum atomic E-state index is 13.5. The topological polar surface area (TPSA) is 44.1 Å². The number of halogens is 1. The molecule has 28 heavy (non-hydrogen) atoms. The summed E-state index contributed by atoms with van der Waals surface area (Å²) in [6.07, 6.45) is 2.85. The third kappa shape index (κ3) is 4.20. The minimum atomic E-state index is -0.463. The van der Waals surface area contributed by atoms with Gasteiger partial charge in [0.25, 0.3) is 5.56 Å². The Hall–Kier alpha value is -1.98. The molecule has 0 atom stereocenters. The van der Waals surface area contributed by atoms with E-state index in [9.17, 15) is 4.79 Å². The highest BCUT2D eigenvalue weighted by molar-refractivity contribution is 9.10. The van der Waals surface area contributed by atoms with E-state index in [-0.39, 0.29) is 5.56 Å². The highest BCUT2D eigenvalue weighted by Crippen LogP contribution is 2.26. The normalized spacial score (nSPS) is 11.9. The Kier molecular flexibility index (Phi) is 6.36. The van der Waals surface area contributed by atoms with Gasteiger partial charge in [-0.2, -0.15) is 0 Å². The number of ether oxygens (including phenoxy) is 1. The molecular weight excluding hydrogens is 416 g/mol. The Morgan fingerprint density at radius 1 is 1.18 bits per heavy atom. The Labute approximate surface area is 174 Å². The van der Waals surface area contributed by atoms with Crippen molar-refractivity contribution in [3.05, 3.63) is 74.2 Å². The molecule has 0 aliphatic rings. The van der Waals surface area contributed by atoms with E-state index < -0.39 is 5.60 Å². The number of rotatable bonds is 7. The first kappa shape index (κ1) is 20.7. The molecule has 0 spiro atoms. The second-order valence-electron chi connectivity index (χ2n) is 7.56. The largest absolute Gasteiger partial charge is 0.374 e. The van der Waals surface area contributed by atoms with E-state index >= 15 is 0 Å². The van der Waals surface area contributed by atoms with Crippen LogP contribution in [0.15, 0.2) is 51.7 Å². The van der Waals surface area contributed by atoms with Gasteiger partial charge < -0.3 is 4.74 Å². The van der Waals surface area contributed by atoms with Gasteiger partial charge in [-0.3, -0.25) is 9.36 Å². The summed E-state index contributed by atoms with van der Waals surface area (Å²) in [6, 6.07) is 13.9. The summed E-state index contributed by atoms with van der Waals surface area (Å²) in [5, 5.41) is 0.634. The van der Waals surface area contributed by atoms with Gasteiger partial charge in [-0.05, 0) is 49.6 Å². The number of aromatic nitrogens is 2. The van der Waals surface area contributed by atoms with Gasteiger partial charge in [-0.1, -0.05) is 53.5 Å². The van der Waals surface area contributed by atoms with Crippen molar-refractivity contribution < 1.29 is 4.74 Å². The van der Waals surface area contributed by atoms with Crippen LogP contribution in [0.4, 0.5) is 0 Å². The smallest absolute Gasteiger partial charge is 0.261 e. The first-order valence-electron chi connectivity index (χ1n) is 9.70. The summed E-state index contributed by atoms with van der Waals surface area (Å²) in [5.41, 5.74) is 2.32. The van der Waals surface area contributed by atoms with Crippen LogP contribution >= 0.6 is 15.9 Å². The van der Waals surface area contributed by atoms with Gasteiger partial charge in [-0.15, -0.1) is 0 Å². The molecule has 0 fully saturated rings. The van der Waals surface area contributed by atoms with E-state index in [0.29, 0.717) is 11.9 Å². The number of hydrogen-bond acceptors (Lipinski definition) is 3. The molecule has 0 bridgehead atoms. The second kappa shape index (κ2) is 8.58. The van der Waals surface area contributed by atoms with E-state index in [1.807, 2.05) is 60.9 Å². The lowest BCUT2D eigenvalue weighted by Crippen LogP contribution is -2.27. The fraction of sp³-hybridized carbons (Fsp3) is 0.391. The first-order valence-corrected chi connectivity index (χ1v) is 10.5. The third-order valence-corrected chi connectivity index (χ3v) is 6.05. The molecule has 0 radical (unpaired) electrons. The minimum absolute atomic E-state index is 0.000564. The average molecular weight is 443 g/mol. The van der Waals surface area contributed by atoms with Crippen molar-refractivity contribution in [3.63, 3.8) is 0 Å². The zero-order chi connectivity index (χ0) is 20.3. The minimum Gasteiger partial charge on any atom is -0.374 e. The maximum Gasteiger partial charge on any atom is 0.261 e. The van der Waals surface area contributed by atoms with Crippen LogP contribution in [0.3, 0.4) is 0 Å². The van der Waals surface area contributed by atoms with Gasteiger partial charge >= 0.3 is 0 Å². The molecule has 3 rings (SSSR count). The summed E-state index contributed by atoms with van der Waals surface area (Å²) in [5.74, 6) is 0.842. The zero-order valence-corrected chi connectivity index (χ0v) is 18.5. The predicted octanol–water partition coefficient (Wildman–Crippen LogP) is 5.43. The van der Waals surface area contributed by atoms with Gasteiger partial charge in [0.05, 0.1) is 23.0 Å². The molecule has 1 aromatic heterocycles. The highest BCUT2D eigenvalue weighted by Gasteiger charge is 2.21. The van der Waals surface area contributed by atoms with Gasteiger partial charge in [0, 0.05) is 18.0 Å². The lowest BCUT2D eigenvalue weighted by Gasteiger charge is -2.24. The van der Waals surface area contributed by atoms with Crippen molar-refractivity contribution in [1.29, 1.82) is 0 Å². The summed E-state index contributed by atoms with van der Waals surface area (Å²) >= 11 is 3.60. The number of methoxy groups -OCH3 is 1. The molecule has 4 nitrogen and oxygen atoms in total. The molecule has 5 heteroatoms. The van der Waals surface area contributed by atoms with Gasteiger partial charge in [0.1, 0.15) is 5.82 Å².